The number of aryl methyl sites for hydroxylation is 1. The van der Waals surface area contributed by atoms with Crippen molar-refractivity contribution < 1.29 is 19.1 Å². The lowest BCUT2D eigenvalue weighted by molar-refractivity contribution is -0.122. The lowest BCUT2D eigenvalue weighted by Gasteiger charge is -2.17. The molecule has 1 fully saturated rings. The smallest absolute Gasteiger partial charge is 0.231 e. The second kappa shape index (κ2) is 6.64. The van der Waals surface area contributed by atoms with Crippen LogP contribution in [0.1, 0.15) is 12.0 Å². The number of halogens is 1. The van der Waals surface area contributed by atoms with Crippen LogP contribution < -0.4 is 19.7 Å². The maximum absolute atomic E-state index is 12.6. The third-order valence-electron chi connectivity index (χ3n) is 4.61. The van der Waals surface area contributed by atoms with Gasteiger partial charge in [0, 0.05) is 34.9 Å². The van der Waals surface area contributed by atoms with E-state index in [9.17, 15) is 9.59 Å². The maximum atomic E-state index is 12.6. The molecule has 1 saturated heterocycles. The number of benzene rings is 2. The first kappa shape index (κ1) is 16.9. The van der Waals surface area contributed by atoms with E-state index < -0.39 is 5.92 Å². The minimum Gasteiger partial charge on any atom is -0.454 e. The molecule has 26 heavy (non-hydrogen) atoms. The van der Waals surface area contributed by atoms with Crippen molar-refractivity contribution >= 4 is 39.1 Å². The summed E-state index contributed by atoms with van der Waals surface area (Å²) in [5, 5.41) is 2.93. The Bertz CT molecular complexity index is 899. The molecule has 0 saturated carbocycles. The summed E-state index contributed by atoms with van der Waals surface area (Å²) in [5.74, 6) is 0.675. The summed E-state index contributed by atoms with van der Waals surface area (Å²) in [6, 6.07) is 11.0. The van der Waals surface area contributed by atoms with Gasteiger partial charge in [-0.15, -0.1) is 0 Å². The maximum Gasteiger partial charge on any atom is 0.231 e. The topological polar surface area (TPSA) is 67.9 Å². The van der Waals surface area contributed by atoms with Crippen molar-refractivity contribution in [2.24, 2.45) is 5.92 Å². The molecule has 0 bridgehead atoms. The number of hydrogen-bond acceptors (Lipinski definition) is 4. The molecule has 6 nitrogen and oxygen atoms in total. The molecule has 7 heteroatoms. The largest absolute Gasteiger partial charge is 0.454 e. The molecule has 1 unspecified atom stereocenters. The predicted molar refractivity (Wildman–Crippen MR) is 101 cm³/mol. The molecule has 2 aromatic rings. The van der Waals surface area contributed by atoms with Gasteiger partial charge in [-0.1, -0.05) is 15.9 Å². The van der Waals surface area contributed by atoms with E-state index in [1.807, 2.05) is 31.2 Å². The summed E-state index contributed by atoms with van der Waals surface area (Å²) in [6.07, 6.45) is 0.190. The Balaban J connectivity index is 1.48. The van der Waals surface area contributed by atoms with Gasteiger partial charge in [0.05, 0.1) is 5.92 Å². The molecule has 2 aliphatic rings. The molecule has 4 rings (SSSR count). The number of anilines is 2. The molecule has 2 amide bonds. The van der Waals surface area contributed by atoms with Crippen LogP contribution in [0.5, 0.6) is 11.5 Å². The molecule has 0 spiro atoms. The van der Waals surface area contributed by atoms with Crippen LogP contribution in [-0.4, -0.2) is 25.2 Å². The van der Waals surface area contributed by atoms with Crippen molar-refractivity contribution in [3.8, 4) is 11.5 Å². The molecule has 1 N–H and O–H groups in total. The number of rotatable bonds is 3. The second-order valence-corrected chi connectivity index (χ2v) is 7.31. The van der Waals surface area contributed by atoms with Crippen molar-refractivity contribution in [1.82, 2.24) is 0 Å². The SMILES string of the molecule is Cc1cc(Br)ccc1NC(=O)C1CC(=O)N(c2ccc3c(c2)OCO3)C1. The number of nitrogens with one attached hydrogen (secondary N) is 1. The van der Waals surface area contributed by atoms with Crippen LogP contribution in [0.2, 0.25) is 0 Å². The van der Waals surface area contributed by atoms with Crippen LogP contribution in [0.25, 0.3) is 0 Å². The van der Waals surface area contributed by atoms with Crippen molar-refractivity contribution in [3.05, 3.63) is 46.4 Å². The average Bonchev–Trinajstić information content (AvgIpc) is 3.23. The van der Waals surface area contributed by atoms with E-state index in [1.54, 1.807) is 17.0 Å². The van der Waals surface area contributed by atoms with E-state index in [0.717, 1.165) is 21.4 Å². The molecule has 2 heterocycles. The first-order valence-corrected chi connectivity index (χ1v) is 9.07. The van der Waals surface area contributed by atoms with Crippen LogP contribution in [0.3, 0.4) is 0 Å². The fourth-order valence-corrected chi connectivity index (χ4v) is 3.66. The molecule has 1 atom stereocenters. The summed E-state index contributed by atoms with van der Waals surface area (Å²) in [6.45, 7) is 2.46. The van der Waals surface area contributed by atoms with Gasteiger partial charge < -0.3 is 19.7 Å². The summed E-state index contributed by atoms with van der Waals surface area (Å²) >= 11 is 3.41. The number of carbonyl (C=O) groups excluding carboxylic acids is 2. The van der Waals surface area contributed by atoms with Gasteiger partial charge in [-0.25, -0.2) is 0 Å². The number of fused-ring (bicyclic) bond motifs is 1. The van der Waals surface area contributed by atoms with Crippen molar-refractivity contribution in [2.75, 3.05) is 23.6 Å². The van der Waals surface area contributed by atoms with Crippen molar-refractivity contribution in [3.63, 3.8) is 0 Å². The summed E-state index contributed by atoms with van der Waals surface area (Å²) < 4.78 is 11.6. The van der Waals surface area contributed by atoms with Gasteiger partial charge in [-0.3, -0.25) is 9.59 Å². The molecule has 0 aliphatic carbocycles. The summed E-state index contributed by atoms with van der Waals surface area (Å²) in [7, 11) is 0. The minimum atomic E-state index is -0.393. The highest BCUT2D eigenvalue weighted by atomic mass is 79.9. The first-order valence-electron chi connectivity index (χ1n) is 8.28. The number of nitrogens with zero attached hydrogens (tertiary/aromatic N) is 1. The lowest BCUT2D eigenvalue weighted by atomic mass is 10.1. The highest BCUT2D eigenvalue weighted by Gasteiger charge is 2.35. The van der Waals surface area contributed by atoms with Gasteiger partial charge in [0.2, 0.25) is 18.6 Å². The Hall–Kier alpha value is -2.54. The second-order valence-electron chi connectivity index (χ2n) is 6.39. The van der Waals surface area contributed by atoms with Crippen LogP contribution in [-0.2, 0) is 9.59 Å². The molecular formula is C19H17BrN2O4. The average molecular weight is 417 g/mol. The molecule has 2 aromatic carbocycles. The van der Waals surface area contributed by atoms with Crippen molar-refractivity contribution in [1.29, 1.82) is 0 Å². The molecule has 134 valence electrons. The first-order chi connectivity index (χ1) is 12.5. The zero-order valence-electron chi connectivity index (χ0n) is 14.1. The fraction of sp³-hybridized carbons (Fsp3) is 0.263. The molecular weight excluding hydrogens is 400 g/mol. The third kappa shape index (κ3) is 3.14. The van der Waals surface area contributed by atoms with Crippen LogP contribution in [0, 0.1) is 12.8 Å². The van der Waals surface area contributed by atoms with Gasteiger partial charge in [0.1, 0.15) is 0 Å². The van der Waals surface area contributed by atoms with E-state index in [4.69, 9.17) is 9.47 Å². The Morgan fingerprint density at radius 3 is 2.81 bits per heavy atom. The number of amides is 2. The highest BCUT2D eigenvalue weighted by Crippen LogP contribution is 2.37. The van der Waals surface area contributed by atoms with Crippen LogP contribution >= 0.6 is 15.9 Å². The van der Waals surface area contributed by atoms with Gasteiger partial charge in [-0.05, 0) is 42.8 Å². The molecule has 2 aliphatic heterocycles. The van der Waals surface area contributed by atoms with Gasteiger partial charge in [0.25, 0.3) is 0 Å². The van der Waals surface area contributed by atoms with E-state index in [-0.39, 0.29) is 25.0 Å². The van der Waals surface area contributed by atoms with E-state index >= 15 is 0 Å². The zero-order valence-corrected chi connectivity index (χ0v) is 15.7. The van der Waals surface area contributed by atoms with Gasteiger partial charge >= 0.3 is 0 Å². The van der Waals surface area contributed by atoms with E-state index in [0.29, 0.717) is 18.0 Å². The standard InChI is InChI=1S/C19H17BrN2O4/c1-11-6-13(20)2-4-15(11)21-19(24)12-7-18(23)22(9-12)14-3-5-16-17(8-14)26-10-25-16/h2-6,8,12H,7,9-10H2,1H3,(H,21,24). The Kier molecular flexibility index (Phi) is 4.32. The quantitative estimate of drug-likeness (QED) is 0.831. The lowest BCUT2D eigenvalue weighted by Crippen LogP contribution is -2.28. The summed E-state index contributed by atoms with van der Waals surface area (Å²) in [5.41, 5.74) is 2.44. The van der Waals surface area contributed by atoms with Crippen LogP contribution in [0.4, 0.5) is 11.4 Å². The molecule has 0 aromatic heterocycles. The highest BCUT2D eigenvalue weighted by molar-refractivity contribution is 9.10. The van der Waals surface area contributed by atoms with E-state index in [1.165, 1.54) is 0 Å². The number of carbonyl (C=O) groups is 2. The Morgan fingerprint density at radius 2 is 2.00 bits per heavy atom. The van der Waals surface area contributed by atoms with Crippen molar-refractivity contribution in [2.45, 2.75) is 13.3 Å². The Morgan fingerprint density at radius 1 is 1.19 bits per heavy atom. The van der Waals surface area contributed by atoms with Gasteiger partial charge in [0.15, 0.2) is 11.5 Å². The number of ether oxygens (including phenoxy) is 2. The summed E-state index contributed by atoms with van der Waals surface area (Å²) in [4.78, 5) is 26.7. The zero-order chi connectivity index (χ0) is 18.3. The third-order valence-corrected chi connectivity index (χ3v) is 5.10. The molecule has 0 radical (unpaired) electrons. The number of hydrogen-bond donors (Lipinski definition) is 1. The Labute approximate surface area is 159 Å². The van der Waals surface area contributed by atoms with Crippen LogP contribution in [0.15, 0.2) is 40.9 Å². The van der Waals surface area contributed by atoms with E-state index in [2.05, 4.69) is 21.2 Å². The minimum absolute atomic E-state index is 0.0726. The van der Waals surface area contributed by atoms with Gasteiger partial charge in [-0.2, -0.15) is 0 Å². The predicted octanol–water partition coefficient (Wildman–Crippen LogP) is 3.48. The monoisotopic (exact) mass is 416 g/mol. The normalized spacial score (nSPS) is 18.3. The fourth-order valence-electron chi connectivity index (χ4n) is 3.19.